The van der Waals surface area contributed by atoms with E-state index in [2.05, 4.69) is 0 Å². The highest BCUT2D eigenvalue weighted by Crippen LogP contribution is 2.40. The lowest BCUT2D eigenvalue weighted by molar-refractivity contribution is -0.163. The molecule has 4 heteroatoms. The number of carbonyl (C=O) groups is 2. The zero-order valence-electron chi connectivity index (χ0n) is 9.12. The van der Waals surface area contributed by atoms with Gasteiger partial charge in [-0.05, 0) is 19.8 Å². The zero-order valence-corrected chi connectivity index (χ0v) is 9.12. The normalized spacial score (nSPS) is 19.5. The lowest BCUT2D eigenvalue weighted by Gasteiger charge is -2.33. The molecular weight excluding hydrogens is 196 g/mol. The quantitative estimate of drug-likeness (QED) is 0.727. The third-order valence-corrected chi connectivity index (χ3v) is 3.01. The van der Waals surface area contributed by atoms with E-state index in [9.17, 15) is 9.59 Å². The van der Waals surface area contributed by atoms with E-state index in [1.165, 1.54) is 0 Å². The highest BCUT2D eigenvalue weighted by Gasteiger charge is 2.42. The fraction of sp³-hybridized carbons (Fsp3) is 0.818. The average Bonchev–Trinajstić information content (AvgIpc) is 2.18. The van der Waals surface area contributed by atoms with Gasteiger partial charge in [0.2, 0.25) is 0 Å². The molecule has 0 spiro atoms. The van der Waals surface area contributed by atoms with Crippen LogP contribution in [0, 0.1) is 5.41 Å². The summed E-state index contributed by atoms with van der Waals surface area (Å²) < 4.78 is 4.98. The van der Waals surface area contributed by atoms with Crippen molar-refractivity contribution in [2.24, 2.45) is 5.41 Å². The fourth-order valence-electron chi connectivity index (χ4n) is 2.26. The first kappa shape index (κ1) is 12.0. The van der Waals surface area contributed by atoms with Gasteiger partial charge in [0.15, 0.2) is 0 Å². The molecule has 0 aromatic rings. The molecule has 0 amide bonds. The van der Waals surface area contributed by atoms with E-state index in [-0.39, 0.29) is 12.4 Å². The molecule has 0 bridgehead atoms. The Labute approximate surface area is 89.6 Å². The molecule has 1 aliphatic rings. The summed E-state index contributed by atoms with van der Waals surface area (Å²) in [6, 6.07) is 0. The van der Waals surface area contributed by atoms with E-state index in [0.29, 0.717) is 19.4 Å². The van der Waals surface area contributed by atoms with Crippen LogP contribution in [0.1, 0.15) is 45.4 Å². The van der Waals surface area contributed by atoms with Crippen molar-refractivity contribution in [2.45, 2.75) is 45.4 Å². The minimum absolute atomic E-state index is 0.0914. The molecule has 0 aromatic carbocycles. The number of hydrogen-bond donors (Lipinski definition) is 1. The molecule has 0 radical (unpaired) electrons. The molecule has 86 valence electrons. The van der Waals surface area contributed by atoms with Crippen molar-refractivity contribution in [3.05, 3.63) is 0 Å². The highest BCUT2D eigenvalue weighted by molar-refractivity contribution is 5.82. The van der Waals surface area contributed by atoms with Crippen molar-refractivity contribution in [3.63, 3.8) is 0 Å². The van der Waals surface area contributed by atoms with Gasteiger partial charge in [0.25, 0.3) is 0 Å². The van der Waals surface area contributed by atoms with Crippen molar-refractivity contribution in [3.8, 4) is 0 Å². The molecule has 1 rings (SSSR count). The second kappa shape index (κ2) is 5.14. The largest absolute Gasteiger partial charge is 0.481 e. The summed E-state index contributed by atoms with van der Waals surface area (Å²) in [5.41, 5.74) is -0.750. The standard InChI is InChI=1S/C11H18O4/c1-2-15-10(14)11(8-9(12)13)6-4-3-5-7-11/h2-8H2,1H3,(H,12,13). The lowest BCUT2D eigenvalue weighted by atomic mass is 9.72. The van der Waals surface area contributed by atoms with Crippen LogP contribution in [0.15, 0.2) is 0 Å². The van der Waals surface area contributed by atoms with E-state index in [1.807, 2.05) is 0 Å². The molecule has 15 heavy (non-hydrogen) atoms. The van der Waals surface area contributed by atoms with Crippen LogP contribution in [0.5, 0.6) is 0 Å². The van der Waals surface area contributed by atoms with Gasteiger partial charge in [0, 0.05) is 0 Å². The predicted molar refractivity (Wildman–Crippen MR) is 54.4 cm³/mol. The Morgan fingerprint density at radius 1 is 1.27 bits per heavy atom. The zero-order chi connectivity index (χ0) is 11.3. The van der Waals surface area contributed by atoms with E-state index >= 15 is 0 Å². The Hall–Kier alpha value is -1.06. The summed E-state index contributed by atoms with van der Waals surface area (Å²) in [4.78, 5) is 22.5. The minimum atomic E-state index is -0.912. The van der Waals surface area contributed by atoms with E-state index < -0.39 is 11.4 Å². The Bertz CT molecular complexity index is 241. The smallest absolute Gasteiger partial charge is 0.312 e. The summed E-state index contributed by atoms with van der Waals surface area (Å²) in [5.74, 6) is -1.24. The Morgan fingerprint density at radius 3 is 2.33 bits per heavy atom. The predicted octanol–water partition coefficient (Wildman–Crippen LogP) is 1.97. The molecule has 0 atom stereocenters. The molecular formula is C11H18O4. The van der Waals surface area contributed by atoms with Gasteiger partial charge in [-0.3, -0.25) is 9.59 Å². The van der Waals surface area contributed by atoms with Crippen molar-refractivity contribution in [2.75, 3.05) is 6.61 Å². The first-order valence-corrected chi connectivity index (χ1v) is 5.50. The first-order chi connectivity index (χ1) is 7.10. The lowest BCUT2D eigenvalue weighted by Crippen LogP contribution is -2.37. The van der Waals surface area contributed by atoms with Crippen LogP contribution in [-0.2, 0) is 14.3 Å². The first-order valence-electron chi connectivity index (χ1n) is 5.50. The number of esters is 1. The van der Waals surface area contributed by atoms with E-state index in [0.717, 1.165) is 19.3 Å². The van der Waals surface area contributed by atoms with Crippen molar-refractivity contribution in [1.29, 1.82) is 0 Å². The van der Waals surface area contributed by atoms with Gasteiger partial charge in [0.1, 0.15) is 0 Å². The molecule has 0 saturated heterocycles. The number of carboxylic acids is 1. The van der Waals surface area contributed by atoms with Gasteiger partial charge in [-0.15, -0.1) is 0 Å². The maximum Gasteiger partial charge on any atom is 0.312 e. The van der Waals surface area contributed by atoms with E-state index in [1.54, 1.807) is 6.92 Å². The van der Waals surface area contributed by atoms with Crippen LogP contribution in [0.2, 0.25) is 0 Å². The molecule has 0 unspecified atom stereocenters. The van der Waals surface area contributed by atoms with Gasteiger partial charge < -0.3 is 9.84 Å². The monoisotopic (exact) mass is 214 g/mol. The van der Waals surface area contributed by atoms with Gasteiger partial charge in [0.05, 0.1) is 18.4 Å². The number of hydrogen-bond acceptors (Lipinski definition) is 3. The van der Waals surface area contributed by atoms with Crippen molar-refractivity contribution in [1.82, 2.24) is 0 Å². The second-order valence-corrected chi connectivity index (χ2v) is 4.13. The van der Waals surface area contributed by atoms with Crippen LogP contribution >= 0.6 is 0 Å². The Morgan fingerprint density at radius 2 is 1.87 bits per heavy atom. The van der Waals surface area contributed by atoms with Gasteiger partial charge in [-0.2, -0.15) is 0 Å². The molecule has 0 aromatic heterocycles. The molecule has 4 nitrogen and oxygen atoms in total. The van der Waals surface area contributed by atoms with Crippen LogP contribution in [0.4, 0.5) is 0 Å². The van der Waals surface area contributed by atoms with Gasteiger partial charge in [-0.25, -0.2) is 0 Å². The van der Waals surface area contributed by atoms with E-state index in [4.69, 9.17) is 9.84 Å². The number of rotatable bonds is 4. The highest BCUT2D eigenvalue weighted by atomic mass is 16.5. The van der Waals surface area contributed by atoms with Crippen LogP contribution in [-0.4, -0.2) is 23.7 Å². The fourth-order valence-corrected chi connectivity index (χ4v) is 2.26. The van der Waals surface area contributed by atoms with Gasteiger partial charge in [-0.1, -0.05) is 19.3 Å². The molecule has 1 fully saturated rings. The second-order valence-electron chi connectivity index (χ2n) is 4.13. The third-order valence-electron chi connectivity index (χ3n) is 3.01. The number of ether oxygens (including phenoxy) is 1. The third kappa shape index (κ3) is 2.94. The van der Waals surface area contributed by atoms with Gasteiger partial charge >= 0.3 is 11.9 Å². The van der Waals surface area contributed by atoms with Crippen LogP contribution in [0.25, 0.3) is 0 Å². The summed E-state index contributed by atoms with van der Waals surface area (Å²) in [7, 11) is 0. The molecule has 0 aliphatic heterocycles. The van der Waals surface area contributed by atoms with Crippen molar-refractivity contribution < 1.29 is 19.4 Å². The Balaban J connectivity index is 2.74. The minimum Gasteiger partial charge on any atom is -0.481 e. The summed E-state index contributed by atoms with van der Waals surface area (Å²) in [5, 5.41) is 8.84. The summed E-state index contributed by atoms with van der Waals surface area (Å²) in [6.45, 7) is 2.06. The molecule has 0 heterocycles. The number of aliphatic carboxylic acids is 1. The molecule has 1 aliphatic carbocycles. The SMILES string of the molecule is CCOC(=O)C1(CC(=O)O)CCCCC1. The molecule has 1 N–H and O–H groups in total. The number of carbonyl (C=O) groups excluding carboxylic acids is 1. The topological polar surface area (TPSA) is 63.6 Å². The van der Waals surface area contributed by atoms with Crippen LogP contribution in [0.3, 0.4) is 0 Å². The maximum atomic E-state index is 11.8. The maximum absolute atomic E-state index is 11.8. The van der Waals surface area contributed by atoms with Crippen molar-refractivity contribution >= 4 is 11.9 Å². The summed E-state index contributed by atoms with van der Waals surface area (Å²) >= 11 is 0. The van der Waals surface area contributed by atoms with Crippen LogP contribution < -0.4 is 0 Å². The summed E-state index contributed by atoms with van der Waals surface area (Å²) in [6.07, 6.45) is 4.14. The Kier molecular flexibility index (Phi) is 4.12. The number of carboxylic acid groups (broad SMARTS) is 1. The molecule has 1 saturated carbocycles. The average molecular weight is 214 g/mol.